The zero-order valence-electron chi connectivity index (χ0n) is 9.68. The van der Waals surface area contributed by atoms with Gasteiger partial charge in [-0.2, -0.15) is 0 Å². The number of hydrogen-bond acceptors (Lipinski definition) is 6. The quantitative estimate of drug-likeness (QED) is 0.739. The van der Waals surface area contributed by atoms with Crippen LogP contribution in [0.1, 0.15) is 0 Å². The number of hydrogen-bond donors (Lipinski definition) is 1. The minimum Gasteiger partial charge on any atom is -0.378 e. The molecule has 0 unspecified atom stereocenters. The Morgan fingerprint density at radius 2 is 2.06 bits per heavy atom. The topological polar surface area (TPSA) is 53.5 Å². The van der Waals surface area contributed by atoms with Gasteiger partial charge in [0, 0.05) is 33.3 Å². The molecule has 1 fully saturated rings. The summed E-state index contributed by atoms with van der Waals surface area (Å²) in [7, 11) is 3.85. The first-order valence-electron chi connectivity index (χ1n) is 5.34. The fourth-order valence-electron chi connectivity index (χ4n) is 1.60. The highest BCUT2D eigenvalue weighted by molar-refractivity contribution is 5.48. The summed E-state index contributed by atoms with van der Waals surface area (Å²) < 4.78 is 5.31. The normalized spacial score (nSPS) is 16.6. The van der Waals surface area contributed by atoms with E-state index in [1.54, 1.807) is 6.33 Å². The first kappa shape index (κ1) is 11.1. The molecule has 0 amide bonds. The van der Waals surface area contributed by atoms with E-state index < -0.39 is 0 Å². The van der Waals surface area contributed by atoms with Gasteiger partial charge in [0.15, 0.2) is 0 Å². The van der Waals surface area contributed by atoms with Crippen molar-refractivity contribution >= 4 is 11.6 Å². The van der Waals surface area contributed by atoms with E-state index in [9.17, 15) is 0 Å². The standard InChI is InChI=1S/C10H17N5O/c1-14(2)13-9-7-10(12-8-11-9)15-3-5-16-6-4-15/h7-8H,3-6H2,1-2H3,(H,11,12,13). The molecule has 1 aliphatic rings. The molecule has 0 aromatic carbocycles. The maximum atomic E-state index is 5.31. The second kappa shape index (κ2) is 5.09. The number of nitrogens with one attached hydrogen (secondary N) is 1. The lowest BCUT2D eigenvalue weighted by Crippen LogP contribution is -2.36. The maximum absolute atomic E-state index is 5.31. The van der Waals surface area contributed by atoms with Crippen LogP contribution in [0.4, 0.5) is 11.6 Å². The van der Waals surface area contributed by atoms with Crippen LogP contribution in [0.15, 0.2) is 12.4 Å². The van der Waals surface area contributed by atoms with Gasteiger partial charge in [0.25, 0.3) is 0 Å². The van der Waals surface area contributed by atoms with Crippen LogP contribution in [0.25, 0.3) is 0 Å². The minimum atomic E-state index is 0.764. The Kier molecular flexibility index (Phi) is 3.53. The van der Waals surface area contributed by atoms with Crippen molar-refractivity contribution in [3.8, 4) is 0 Å². The van der Waals surface area contributed by atoms with Crippen LogP contribution >= 0.6 is 0 Å². The summed E-state index contributed by atoms with van der Waals surface area (Å²) in [4.78, 5) is 10.6. The number of rotatable bonds is 3. The third-order valence-electron chi connectivity index (χ3n) is 2.33. The highest BCUT2D eigenvalue weighted by Crippen LogP contribution is 2.15. The van der Waals surface area contributed by atoms with Gasteiger partial charge in [-0.3, -0.25) is 0 Å². The lowest BCUT2D eigenvalue weighted by molar-refractivity contribution is 0.122. The van der Waals surface area contributed by atoms with Crippen molar-refractivity contribution in [3.05, 3.63) is 12.4 Å². The van der Waals surface area contributed by atoms with Gasteiger partial charge >= 0.3 is 0 Å². The van der Waals surface area contributed by atoms with Crippen LogP contribution in [0.5, 0.6) is 0 Å². The summed E-state index contributed by atoms with van der Waals surface area (Å²) in [5, 5.41) is 1.85. The smallest absolute Gasteiger partial charge is 0.145 e. The number of anilines is 2. The summed E-state index contributed by atoms with van der Waals surface area (Å²) >= 11 is 0. The summed E-state index contributed by atoms with van der Waals surface area (Å²) in [6.45, 7) is 3.30. The number of hydrazine groups is 1. The van der Waals surface area contributed by atoms with Crippen molar-refractivity contribution in [2.45, 2.75) is 0 Å². The molecule has 6 heteroatoms. The van der Waals surface area contributed by atoms with Crippen molar-refractivity contribution < 1.29 is 4.74 Å². The van der Waals surface area contributed by atoms with Gasteiger partial charge in [0.2, 0.25) is 0 Å². The molecule has 1 saturated heterocycles. The molecule has 0 bridgehead atoms. The number of ether oxygens (including phenoxy) is 1. The van der Waals surface area contributed by atoms with Crippen LogP contribution < -0.4 is 10.3 Å². The van der Waals surface area contributed by atoms with Crippen molar-refractivity contribution in [2.75, 3.05) is 50.7 Å². The lowest BCUT2D eigenvalue weighted by atomic mass is 10.4. The molecule has 88 valence electrons. The van der Waals surface area contributed by atoms with Gasteiger partial charge in [-0.1, -0.05) is 0 Å². The third kappa shape index (κ3) is 2.80. The summed E-state index contributed by atoms with van der Waals surface area (Å²) in [5.41, 5.74) is 3.11. The largest absolute Gasteiger partial charge is 0.378 e. The Labute approximate surface area is 95.2 Å². The van der Waals surface area contributed by atoms with Crippen LogP contribution in [0.2, 0.25) is 0 Å². The summed E-state index contributed by atoms with van der Waals surface area (Å²) in [6.07, 6.45) is 1.58. The zero-order chi connectivity index (χ0) is 11.4. The van der Waals surface area contributed by atoms with Gasteiger partial charge in [0.05, 0.1) is 13.2 Å². The molecule has 0 spiro atoms. The molecule has 0 radical (unpaired) electrons. The average Bonchev–Trinajstić information content (AvgIpc) is 2.30. The Balaban J connectivity index is 2.08. The van der Waals surface area contributed by atoms with Crippen molar-refractivity contribution in [1.29, 1.82) is 0 Å². The molecule has 1 N–H and O–H groups in total. The van der Waals surface area contributed by atoms with E-state index in [0.717, 1.165) is 37.9 Å². The Morgan fingerprint density at radius 1 is 1.31 bits per heavy atom. The van der Waals surface area contributed by atoms with Crippen LogP contribution in [0, 0.1) is 0 Å². The highest BCUT2D eigenvalue weighted by Gasteiger charge is 2.12. The van der Waals surface area contributed by atoms with Gasteiger partial charge < -0.3 is 15.1 Å². The molecular weight excluding hydrogens is 206 g/mol. The van der Waals surface area contributed by atoms with Gasteiger partial charge in [-0.25, -0.2) is 15.0 Å². The van der Waals surface area contributed by atoms with E-state index in [0.29, 0.717) is 0 Å². The lowest BCUT2D eigenvalue weighted by Gasteiger charge is -2.28. The minimum absolute atomic E-state index is 0.764. The van der Waals surface area contributed by atoms with E-state index in [-0.39, 0.29) is 0 Å². The van der Waals surface area contributed by atoms with Gasteiger partial charge in [0.1, 0.15) is 18.0 Å². The number of nitrogens with zero attached hydrogens (tertiary/aromatic N) is 4. The SMILES string of the molecule is CN(C)Nc1cc(N2CCOCC2)ncn1. The monoisotopic (exact) mass is 223 g/mol. The van der Waals surface area contributed by atoms with Gasteiger partial charge in [-0.05, 0) is 0 Å². The molecular formula is C10H17N5O. The molecule has 0 aliphatic carbocycles. The van der Waals surface area contributed by atoms with Crippen LogP contribution in [-0.2, 0) is 4.74 Å². The van der Waals surface area contributed by atoms with Crippen molar-refractivity contribution in [2.24, 2.45) is 0 Å². The molecule has 2 heterocycles. The molecule has 16 heavy (non-hydrogen) atoms. The van der Waals surface area contributed by atoms with Crippen LogP contribution in [0.3, 0.4) is 0 Å². The predicted octanol–water partition coefficient (Wildman–Crippen LogP) is 0.202. The van der Waals surface area contributed by atoms with E-state index >= 15 is 0 Å². The predicted molar refractivity (Wildman–Crippen MR) is 62.4 cm³/mol. The third-order valence-corrected chi connectivity index (χ3v) is 2.33. The molecule has 2 rings (SSSR count). The fraction of sp³-hybridized carbons (Fsp3) is 0.600. The molecule has 1 aromatic heterocycles. The van der Waals surface area contributed by atoms with Crippen molar-refractivity contribution in [3.63, 3.8) is 0 Å². The van der Waals surface area contributed by atoms with Gasteiger partial charge in [-0.15, -0.1) is 0 Å². The van der Waals surface area contributed by atoms with E-state index in [2.05, 4.69) is 20.3 Å². The van der Waals surface area contributed by atoms with E-state index in [1.165, 1.54) is 0 Å². The van der Waals surface area contributed by atoms with Crippen LogP contribution in [-0.4, -0.2) is 55.4 Å². The Hall–Kier alpha value is -1.40. The summed E-state index contributed by atoms with van der Waals surface area (Å²) in [6, 6.07) is 1.95. The van der Waals surface area contributed by atoms with Crippen molar-refractivity contribution in [1.82, 2.24) is 15.0 Å². The fourth-order valence-corrected chi connectivity index (χ4v) is 1.60. The number of aromatic nitrogens is 2. The first-order chi connectivity index (χ1) is 7.75. The zero-order valence-corrected chi connectivity index (χ0v) is 9.68. The van der Waals surface area contributed by atoms with E-state index in [4.69, 9.17) is 4.74 Å². The molecule has 0 atom stereocenters. The van der Waals surface area contributed by atoms with E-state index in [1.807, 2.05) is 25.2 Å². The Bertz CT molecular complexity index is 338. The molecule has 1 aliphatic heterocycles. The average molecular weight is 223 g/mol. The molecule has 6 nitrogen and oxygen atoms in total. The molecule has 0 saturated carbocycles. The molecule has 1 aromatic rings. The maximum Gasteiger partial charge on any atom is 0.145 e. The second-order valence-corrected chi connectivity index (χ2v) is 3.87. The number of morpholine rings is 1. The second-order valence-electron chi connectivity index (χ2n) is 3.87. The highest BCUT2D eigenvalue weighted by atomic mass is 16.5. The summed E-state index contributed by atoms with van der Waals surface area (Å²) in [5.74, 6) is 1.75. The Morgan fingerprint density at radius 3 is 2.75 bits per heavy atom. The first-order valence-corrected chi connectivity index (χ1v) is 5.34.